The van der Waals surface area contributed by atoms with Crippen LogP contribution in [0.2, 0.25) is 0 Å². The predicted molar refractivity (Wildman–Crippen MR) is 122 cm³/mol. The van der Waals surface area contributed by atoms with Crippen LogP contribution < -0.4 is 5.32 Å². The smallest absolute Gasteiger partial charge is 0.407 e. The van der Waals surface area contributed by atoms with Gasteiger partial charge in [0, 0.05) is 19.0 Å². The van der Waals surface area contributed by atoms with Crippen molar-refractivity contribution in [3.8, 4) is 23.0 Å². The highest BCUT2D eigenvalue weighted by atomic mass is 16.5. The van der Waals surface area contributed by atoms with Crippen LogP contribution in [-0.4, -0.2) is 78.1 Å². The van der Waals surface area contributed by atoms with E-state index < -0.39 is 30.4 Å². The second kappa shape index (κ2) is 10.1. The van der Waals surface area contributed by atoms with Crippen molar-refractivity contribution in [1.29, 1.82) is 0 Å². The molecule has 1 saturated heterocycles. The van der Waals surface area contributed by atoms with Crippen LogP contribution in [0.5, 0.6) is 0 Å². The average molecular weight is 461 g/mol. The molecule has 0 spiro atoms. The van der Waals surface area contributed by atoms with Crippen molar-refractivity contribution in [3.63, 3.8) is 0 Å². The minimum absolute atomic E-state index is 0.0526. The minimum atomic E-state index is -1.10. The first-order valence-corrected chi connectivity index (χ1v) is 10.8. The van der Waals surface area contributed by atoms with Crippen molar-refractivity contribution < 1.29 is 29.0 Å². The standard InChI is InChI=1S/C25H23N3O6/c29-22(27-12-13-28(15-24(31)32)23(30)14-27)10-5-11-26-25(33)34-16-21-19-8-3-1-6-17(19)18-7-2-4-9-20(18)21/h1-4,6-9,21H,11-16H2,(H,26,33)(H,31,32). The van der Waals surface area contributed by atoms with E-state index in [1.807, 2.05) is 36.4 Å². The Bertz CT molecular complexity index is 1150. The summed E-state index contributed by atoms with van der Waals surface area (Å²) in [7, 11) is 0. The molecule has 2 aromatic carbocycles. The Kier molecular flexibility index (Phi) is 6.78. The quantitative estimate of drug-likeness (QED) is 0.648. The number of carbonyl (C=O) groups is 4. The Morgan fingerprint density at radius 3 is 2.29 bits per heavy atom. The Hall–Kier alpha value is -4.32. The van der Waals surface area contributed by atoms with Crippen LogP contribution in [-0.2, 0) is 19.1 Å². The first kappa shape index (κ1) is 22.9. The van der Waals surface area contributed by atoms with E-state index >= 15 is 0 Å². The fourth-order valence-electron chi connectivity index (χ4n) is 4.18. The van der Waals surface area contributed by atoms with Crippen LogP contribution in [0.25, 0.3) is 11.1 Å². The molecule has 1 aliphatic carbocycles. The van der Waals surface area contributed by atoms with Crippen LogP contribution in [0, 0.1) is 11.8 Å². The lowest BCUT2D eigenvalue weighted by Crippen LogP contribution is -2.53. The number of fused-ring (bicyclic) bond motifs is 3. The van der Waals surface area contributed by atoms with E-state index in [0.29, 0.717) is 0 Å². The number of carboxylic acids is 1. The maximum Gasteiger partial charge on any atom is 0.407 e. The van der Waals surface area contributed by atoms with Crippen molar-refractivity contribution >= 4 is 23.9 Å². The van der Waals surface area contributed by atoms with Crippen molar-refractivity contribution in [1.82, 2.24) is 15.1 Å². The molecule has 174 valence electrons. The molecule has 2 N–H and O–H groups in total. The number of alkyl carbamates (subject to hydrolysis) is 1. The Morgan fingerprint density at radius 1 is 1.03 bits per heavy atom. The van der Waals surface area contributed by atoms with Gasteiger partial charge in [-0.15, -0.1) is 0 Å². The Morgan fingerprint density at radius 2 is 1.68 bits per heavy atom. The number of piperazine rings is 1. The highest BCUT2D eigenvalue weighted by Crippen LogP contribution is 2.44. The third-order valence-corrected chi connectivity index (χ3v) is 5.79. The number of carboxylic acid groups (broad SMARTS) is 1. The van der Waals surface area contributed by atoms with Crippen LogP contribution in [0.4, 0.5) is 4.79 Å². The molecular weight excluding hydrogens is 438 g/mol. The molecule has 0 bridgehead atoms. The molecule has 0 saturated carbocycles. The SMILES string of the molecule is O=C(O)CN1CCN(C(=O)C#CCNC(=O)OCC2c3ccccc3-c3ccccc32)CC1=O. The summed E-state index contributed by atoms with van der Waals surface area (Å²) in [5.74, 6) is 2.79. The number of ether oxygens (including phenoxy) is 1. The van der Waals surface area contributed by atoms with E-state index in [1.54, 1.807) is 0 Å². The summed E-state index contributed by atoms with van der Waals surface area (Å²) in [4.78, 5) is 49.4. The summed E-state index contributed by atoms with van der Waals surface area (Å²) < 4.78 is 5.41. The van der Waals surface area contributed by atoms with Crippen molar-refractivity contribution in [2.24, 2.45) is 0 Å². The molecule has 9 nitrogen and oxygen atoms in total. The zero-order valence-electron chi connectivity index (χ0n) is 18.3. The number of hydrogen-bond acceptors (Lipinski definition) is 5. The van der Waals surface area contributed by atoms with E-state index in [1.165, 1.54) is 9.80 Å². The van der Waals surface area contributed by atoms with Gasteiger partial charge >= 0.3 is 12.1 Å². The lowest BCUT2D eigenvalue weighted by molar-refractivity contribution is -0.149. The van der Waals surface area contributed by atoms with Gasteiger partial charge in [0.1, 0.15) is 19.7 Å². The molecule has 1 heterocycles. The number of rotatable bonds is 5. The third-order valence-electron chi connectivity index (χ3n) is 5.79. The predicted octanol–water partition coefficient (Wildman–Crippen LogP) is 1.28. The van der Waals surface area contributed by atoms with Gasteiger partial charge in [0.2, 0.25) is 5.91 Å². The van der Waals surface area contributed by atoms with E-state index in [-0.39, 0.29) is 38.7 Å². The van der Waals surface area contributed by atoms with Crippen LogP contribution in [0.15, 0.2) is 48.5 Å². The first-order chi connectivity index (χ1) is 16.4. The van der Waals surface area contributed by atoms with Gasteiger partial charge < -0.3 is 25.0 Å². The van der Waals surface area contributed by atoms with Crippen molar-refractivity contribution in [3.05, 3.63) is 59.7 Å². The molecule has 0 atom stereocenters. The Balaban J connectivity index is 1.24. The van der Waals surface area contributed by atoms with Crippen molar-refractivity contribution in [2.75, 3.05) is 39.3 Å². The summed E-state index contributed by atoms with van der Waals surface area (Å²) in [6.07, 6.45) is -0.638. The van der Waals surface area contributed by atoms with Gasteiger partial charge in [-0.05, 0) is 28.2 Å². The second-order valence-corrected chi connectivity index (χ2v) is 7.92. The topological polar surface area (TPSA) is 116 Å². The van der Waals surface area contributed by atoms with E-state index in [0.717, 1.165) is 22.3 Å². The van der Waals surface area contributed by atoms with Gasteiger partial charge in [-0.1, -0.05) is 54.5 Å². The molecule has 9 heteroatoms. The van der Waals surface area contributed by atoms with Crippen LogP contribution in [0.1, 0.15) is 17.0 Å². The zero-order valence-corrected chi connectivity index (χ0v) is 18.3. The molecule has 34 heavy (non-hydrogen) atoms. The summed E-state index contributed by atoms with van der Waals surface area (Å²) in [5, 5.41) is 11.3. The Labute approximate surface area is 196 Å². The lowest BCUT2D eigenvalue weighted by Gasteiger charge is -2.32. The first-order valence-electron chi connectivity index (χ1n) is 10.8. The van der Waals surface area contributed by atoms with Gasteiger partial charge in [0.15, 0.2) is 0 Å². The van der Waals surface area contributed by atoms with Crippen LogP contribution in [0.3, 0.4) is 0 Å². The molecule has 4 rings (SSSR count). The number of aliphatic carboxylic acids is 1. The largest absolute Gasteiger partial charge is 0.480 e. The molecule has 1 fully saturated rings. The summed E-state index contributed by atoms with van der Waals surface area (Å²) in [6.45, 7) is -0.190. The highest BCUT2D eigenvalue weighted by molar-refractivity contribution is 5.97. The third kappa shape index (κ3) is 5.02. The van der Waals surface area contributed by atoms with Crippen LogP contribution >= 0.6 is 0 Å². The molecule has 3 amide bonds. The number of benzene rings is 2. The van der Waals surface area contributed by atoms with Gasteiger partial charge in [0.25, 0.3) is 5.91 Å². The monoisotopic (exact) mass is 461 g/mol. The molecular formula is C25H23N3O6. The molecule has 2 aromatic rings. The summed E-state index contributed by atoms with van der Waals surface area (Å²) in [5.41, 5.74) is 4.50. The second-order valence-electron chi connectivity index (χ2n) is 7.92. The number of hydrogen-bond donors (Lipinski definition) is 2. The molecule has 0 unspecified atom stereocenters. The van der Waals surface area contributed by atoms with Gasteiger partial charge in [-0.25, -0.2) is 4.79 Å². The maximum absolute atomic E-state index is 12.2. The van der Waals surface area contributed by atoms with Gasteiger partial charge in [-0.3, -0.25) is 14.4 Å². The minimum Gasteiger partial charge on any atom is -0.480 e. The number of carbonyl (C=O) groups excluding carboxylic acids is 3. The molecule has 0 aromatic heterocycles. The highest BCUT2D eigenvalue weighted by Gasteiger charge is 2.29. The fraction of sp³-hybridized carbons (Fsp3) is 0.280. The summed E-state index contributed by atoms with van der Waals surface area (Å²) >= 11 is 0. The average Bonchev–Trinajstić information content (AvgIpc) is 3.15. The summed E-state index contributed by atoms with van der Waals surface area (Å²) in [6, 6.07) is 16.1. The number of amides is 3. The zero-order chi connectivity index (χ0) is 24.1. The van der Waals surface area contributed by atoms with Gasteiger partial charge in [-0.2, -0.15) is 0 Å². The lowest BCUT2D eigenvalue weighted by atomic mass is 9.98. The molecule has 0 radical (unpaired) electrons. The van der Waals surface area contributed by atoms with E-state index in [2.05, 4.69) is 29.3 Å². The normalized spacial score (nSPS) is 14.5. The fourth-order valence-corrected chi connectivity index (χ4v) is 4.18. The molecule has 1 aliphatic heterocycles. The maximum atomic E-state index is 12.2. The number of nitrogens with zero attached hydrogens (tertiary/aromatic N) is 2. The molecule has 2 aliphatic rings. The van der Waals surface area contributed by atoms with Crippen molar-refractivity contribution in [2.45, 2.75) is 5.92 Å². The number of nitrogens with one attached hydrogen (secondary N) is 1. The van der Waals surface area contributed by atoms with E-state index in [4.69, 9.17) is 9.84 Å². The van der Waals surface area contributed by atoms with E-state index in [9.17, 15) is 19.2 Å². The van der Waals surface area contributed by atoms with Gasteiger partial charge in [0.05, 0.1) is 6.54 Å².